The van der Waals surface area contributed by atoms with Crippen molar-refractivity contribution in [3.05, 3.63) is 0 Å². The molecule has 0 saturated heterocycles. The molecule has 0 nitrogen and oxygen atoms in total. The maximum atomic E-state index is 13.1. The lowest BCUT2D eigenvalue weighted by atomic mass is 9.44. The van der Waals surface area contributed by atoms with Crippen LogP contribution in [-0.4, -0.2) is 6.18 Å². The number of hydrogen-bond donors (Lipinski definition) is 0. The summed E-state index contributed by atoms with van der Waals surface area (Å²) in [7, 11) is 0. The summed E-state index contributed by atoms with van der Waals surface area (Å²) in [4.78, 5) is 0. The third kappa shape index (κ3) is 4.21. The quantitative estimate of drug-likeness (QED) is 0.420. The van der Waals surface area contributed by atoms with Crippen LogP contribution in [0.2, 0.25) is 0 Å². The maximum Gasteiger partial charge on any atom is 0.389 e. The van der Waals surface area contributed by atoms with Crippen molar-refractivity contribution in [3.8, 4) is 0 Å². The Morgan fingerprint density at radius 2 is 1.50 bits per heavy atom. The molecular weight excluding hydrogens is 381 g/mol. The van der Waals surface area contributed by atoms with Crippen molar-refractivity contribution < 1.29 is 13.2 Å². The van der Waals surface area contributed by atoms with Gasteiger partial charge in [0.15, 0.2) is 0 Å². The summed E-state index contributed by atoms with van der Waals surface area (Å²) in [6.45, 7) is 13.2. The Balaban J connectivity index is 0.00000124. The molecule has 0 aromatic carbocycles. The highest BCUT2D eigenvalue weighted by Gasteiger charge is 2.60. The predicted molar refractivity (Wildman–Crippen MR) is 120 cm³/mol. The summed E-state index contributed by atoms with van der Waals surface area (Å²) in [5.41, 5.74) is 0.654. The lowest BCUT2D eigenvalue weighted by molar-refractivity contribution is -0.156. The molecule has 0 aliphatic heterocycles. The number of alkyl halides is 3. The molecule has 4 rings (SSSR count). The van der Waals surface area contributed by atoms with Crippen LogP contribution in [0.3, 0.4) is 0 Å². The van der Waals surface area contributed by atoms with E-state index in [0.717, 1.165) is 30.1 Å². The Labute approximate surface area is 184 Å². The van der Waals surface area contributed by atoms with Crippen molar-refractivity contribution in [2.75, 3.05) is 0 Å². The van der Waals surface area contributed by atoms with Crippen LogP contribution in [-0.2, 0) is 0 Å². The monoisotopic (exact) mass is 428 g/mol. The van der Waals surface area contributed by atoms with Crippen molar-refractivity contribution in [1.82, 2.24) is 0 Å². The zero-order valence-corrected chi connectivity index (χ0v) is 20.5. The standard InChI is InChI=1S/C25H41F3.C2H6/c1-5-17-10-12-23(3)18(14-17)6-7-19-21-9-8-20(16(2)15-25(26,27)28)24(21,4)13-11-22(19)23;1-2/h16-22H,5-15H2,1-4H3;1-2H3/t16-,17-,18+,19-,20?,21?,22?,23-,24+;/m0./s1. The zero-order valence-electron chi connectivity index (χ0n) is 20.5. The molecule has 3 heteroatoms. The van der Waals surface area contributed by atoms with Crippen molar-refractivity contribution in [2.45, 2.75) is 118 Å². The van der Waals surface area contributed by atoms with E-state index < -0.39 is 12.6 Å². The molecular formula is C27H47F3. The molecule has 0 aromatic heterocycles. The lowest BCUT2D eigenvalue weighted by Gasteiger charge is -2.61. The summed E-state index contributed by atoms with van der Waals surface area (Å²) in [5.74, 6) is 4.16. The smallest absolute Gasteiger partial charge is 0.171 e. The minimum absolute atomic E-state index is 0.148. The van der Waals surface area contributed by atoms with Crippen LogP contribution < -0.4 is 0 Å². The first-order chi connectivity index (χ1) is 14.1. The Hall–Kier alpha value is -0.210. The molecule has 4 aliphatic rings. The second kappa shape index (κ2) is 8.97. The third-order valence-electron chi connectivity index (χ3n) is 10.7. The number of halogens is 3. The summed E-state index contributed by atoms with van der Waals surface area (Å²) < 4.78 is 39.2. The summed E-state index contributed by atoms with van der Waals surface area (Å²) >= 11 is 0. The highest BCUT2D eigenvalue weighted by molar-refractivity contribution is 5.09. The average molecular weight is 429 g/mol. The van der Waals surface area contributed by atoms with E-state index in [-0.39, 0.29) is 17.3 Å². The topological polar surface area (TPSA) is 0 Å². The normalized spacial score (nSPS) is 46.7. The molecule has 0 spiro atoms. The van der Waals surface area contributed by atoms with E-state index in [1.165, 1.54) is 57.8 Å². The fourth-order valence-electron chi connectivity index (χ4n) is 9.20. The zero-order chi connectivity index (χ0) is 22.3. The van der Waals surface area contributed by atoms with Gasteiger partial charge in [0, 0.05) is 6.42 Å². The van der Waals surface area contributed by atoms with Gasteiger partial charge in [0.1, 0.15) is 0 Å². The number of fused-ring (bicyclic) bond motifs is 5. The van der Waals surface area contributed by atoms with Crippen LogP contribution in [0.1, 0.15) is 112 Å². The van der Waals surface area contributed by atoms with Gasteiger partial charge in [-0.1, -0.05) is 48.0 Å². The Morgan fingerprint density at radius 1 is 0.867 bits per heavy atom. The fourth-order valence-corrected chi connectivity index (χ4v) is 9.20. The van der Waals surface area contributed by atoms with Crippen molar-refractivity contribution in [2.24, 2.45) is 52.3 Å². The second-order valence-corrected chi connectivity index (χ2v) is 11.7. The number of rotatable bonds is 3. The Kier molecular flexibility index (Phi) is 7.30. The van der Waals surface area contributed by atoms with Gasteiger partial charge < -0.3 is 0 Å². The highest BCUT2D eigenvalue weighted by Crippen LogP contribution is 2.68. The summed E-state index contributed by atoms with van der Waals surface area (Å²) in [6.07, 6.45) is 8.34. The molecule has 4 saturated carbocycles. The lowest BCUT2D eigenvalue weighted by Crippen LogP contribution is -2.53. The molecule has 0 amide bonds. The Bertz CT molecular complexity index is 569. The summed E-state index contributed by atoms with van der Waals surface area (Å²) in [6, 6.07) is 0. The second-order valence-electron chi connectivity index (χ2n) is 11.7. The minimum Gasteiger partial charge on any atom is -0.171 e. The van der Waals surface area contributed by atoms with Crippen LogP contribution >= 0.6 is 0 Å². The predicted octanol–water partition coefficient (Wildman–Crippen LogP) is 9.29. The minimum atomic E-state index is -4.02. The maximum absolute atomic E-state index is 13.1. The van der Waals surface area contributed by atoms with Gasteiger partial charge in [0.25, 0.3) is 0 Å². The van der Waals surface area contributed by atoms with Crippen molar-refractivity contribution in [3.63, 3.8) is 0 Å². The molecule has 3 unspecified atom stereocenters. The molecule has 4 fully saturated rings. The van der Waals surface area contributed by atoms with Crippen LogP contribution in [0.5, 0.6) is 0 Å². The van der Waals surface area contributed by atoms with E-state index in [1.807, 2.05) is 20.8 Å². The van der Waals surface area contributed by atoms with E-state index in [9.17, 15) is 13.2 Å². The summed E-state index contributed by atoms with van der Waals surface area (Å²) in [5, 5.41) is 0. The van der Waals surface area contributed by atoms with Crippen LogP contribution in [0, 0.1) is 52.3 Å². The number of hydrogen-bond acceptors (Lipinski definition) is 0. The van der Waals surface area contributed by atoms with Gasteiger partial charge in [0.05, 0.1) is 0 Å². The van der Waals surface area contributed by atoms with E-state index in [0.29, 0.717) is 11.3 Å². The van der Waals surface area contributed by atoms with Crippen LogP contribution in [0.15, 0.2) is 0 Å². The molecule has 0 heterocycles. The van der Waals surface area contributed by atoms with E-state index in [1.54, 1.807) is 0 Å². The molecule has 4 aliphatic carbocycles. The first-order valence-corrected chi connectivity index (χ1v) is 13.1. The first kappa shape index (κ1) is 24.4. The Morgan fingerprint density at radius 3 is 2.13 bits per heavy atom. The van der Waals surface area contributed by atoms with Crippen molar-refractivity contribution in [1.29, 1.82) is 0 Å². The van der Waals surface area contributed by atoms with E-state index in [2.05, 4.69) is 20.8 Å². The molecule has 176 valence electrons. The van der Waals surface area contributed by atoms with Gasteiger partial charge in [-0.3, -0.25) is 0 Å². The van der Waals surface area contributed by atoms with Crippen molar-refractivity contribution >= 4 is 0 Å². The fraction of sp³-hybridized carbons (Fsp3) is 1.00. The molecule has 0 radical (unpaired) electrons. The van der Waals surface area contributed by atoms with Gasteiger partial charge >= 0.3 is 6.18 Å². The van der Waals surface area contributed by atoms with Gasteiger partial charge in [-0.25, -0.2) is 0 Å². The van der Waals surface area contributed by atoms with E-state index >= 15 is 0 Å². The molecule has 30 heavy (non-hydrogen) atoms. The van der Waals surface area contributed by atoms with Gasteiger partial charge in [-0.05, 0) is 110 Å². The van der Waals surface area contributed by atoms with E-state index in [4.69, 9.17) is 0 Å². The van der Waals surface area contributed by atoms with Crippen LogP contribution in [0.4, 0.5) is 13.2 Å². The van der Waals surface area contributed by atoms with Gasteiger partial charge in [-0.15, -0.1) is 0 Å². The first-order valence-electron chi connectivity index (χ1n) is 13.1. The molecule has 9 atom stereocenters. The largest absolute Gasteiger partial charge is 0.389 e. The highest BCUT2D eigenvalue weighted by atomic mass is 19.4. The molecule has 0 aromatic rings. The third-order valence-corrected chi connectivity index (χ3v) is 10.7. The van der Waals surface area contributed by atoms with Gasteiger partial charge in [-0.2, -0.15) is 13.2 Å². The average Bonchev–Trinajstić information content (AvgIpc) is 3.05. The molecule has 0 bridgehead atoms. The molecule has 0 N–H and O–H groups in total. The SMILES string of the molecule is CC.CC[C@H]1CC[C@]2(C)C3CC[C@@]4(C)C(CCC4[C@@H](C)CC(F)(F)F)[C@@H]3CC[C@@H]2C1. The van der Waals surface area contributed by atoms with Crippen LogP contribution in [0.25, 0.3) is 0 Å². The van der Waals surface area contributed by atoms with Gasteiger partial charge in [0.2, 0.25) is 0 Å².